The van der Waals surface area contributed by atoms with Crippen LogP contribution in [0.15, 0.2) is 6.20 Å². The van der Waals surface area contributed by atoms with E-state index in [4.69, 9.17) is 5.73 Å². The van der Waals surface area contributed by atoms with Crippen molar-refractivity contribution in [1.29, 1.82) is 0 Å². The SMILES string of the molecule is CCCN(CCC)C(=O)c1c(N)cnn1C. The van der Waals surface area contributed by atoms with Gasteiger partial charge in [0, 0.05) is 20.1 Å². The van der Waals surface area contributed by atoms with E-state index in [9.17, 15) is 4.79 Å². The molecule has 1 rings (SSSR count). The highest BCUT2D eigenvalue weighted by Crippen LogP contribution is 2.13. The predicted molar refractivity (Wildman–Crippen MR) is 64.1 cm³/mol. The maximum atomic E-state index is 12.2. The predicted octanol–water partition coefficient (Wildman–Crippen LogP) is 1.26. The van der Waals surface area contributed by atoms with Gasteiger partial charge in [0.15, 0.2) is 0 Å². The van der Waals surface area contributed by atoms with Crippen LogP contribution in [0.1, 0.15) is 37.2 Å². The molecule has 0 radical (unpaired) electrons. The Hall–Kier alpha value is -1.52. The lowest BCUT2D eigenvalue weighted by Gasteiger charge is -2.21. The molecule has 5 heteroatoms. The fourth-order valence-corrected chi connectivity index (χ4v) is 1.72. The molecule has 0 atom stereocenters. The minimum absolute atomic E-state index is 0.0267. The third-order valence-corrected chi connectivity index (χ3v) is 2.44. The number of rotatable bonds is 5. The van der Waals surface area contributed by atoms with Gasteiger partial charge in [0.1, 0.15) is 5.69 Å². The van der Waals surface area contributed by atoms with Crippen LogP contribution in [0.5, 0.6) is 0 Å². The summed E-state index contributed by atoms with van der Waals surface area (Å²) in [4.78, 5) is 14.0. The zero-order chi connectivity index (χ0) is 12.1. The van der Waals surface area contributed by atoms with Crippen molar-refractivity contribution in [2.24, 2.45) is 7.05 Å². The average Bonchev–Trinajstić information content (AvgIpc) is 2.57. The molecule has 0 bridgehead atoms. The Balaban J connectivity index is 2.89. The number of aryl methyl sites for hydroxylation is 1. The third-order valence-electron chi connectivity index (χ3n) is 2.44. The summed E-state index contributed by atoms with van der Waals surface area (Å²) in [6.07, 6.45) is 3.41. The minimum atomic E-state index is -0.0267. The molecule has 5 nitrogen and oxygen atoms in total. The first-order valence-corrected chi connectivity index (χ1v) is 5.68. The van der Waals surface area contributed by atoms with Gasteiger partial charge in [-0.05, 0) is 12.8 Å². The van der Waals surface area contributed by atoms with Gasteiger partial charge in [-0.1, -0.05) is 13.8 Å². The first-order chi connectivity index (χ1) is 7.61. The molecule has 1 aromatic rings. The van der Waals surface area contributed by atoms with Crippen LogP contribution in [0.4, 0.5) is 5.69 Å². The second kappa shape index (κ2) is 5.53. The molecule has 0 aromatic carbocycles. The van der Waals surface area contributed by atoms with Gasteiger partial charge in [-0.15, -0.1) is 0 Å². The minimum Gasteiger partial charge on any atom is -0.396 e. The Bertz CT molecular complexity index is 333. The fraction of sp³-hybridized carbons (Fsp3) is 0.636. The number of nitrogens with zero attached hydrogens (tertiary/aromatic N) is 3. The Morgan fingerprint density at radius 1 is 1.44 bits per heavy atom. The lowest BCUT2D eigenvalue weighted by molar-refractivity contribution is 0.0745. The van der Waals surface area contributed by atoms with E-state index in [0.717, 1.165) is 25.9 Å². The highest BCUT2D eigenvalue weighted by atomic mass is 16.2. The molecule has 0 saturated carbocycles. The third kappa shape index (κ3) is 2.53. The second-order valence-corrected chi connectivity index (χ2v) is 3.86. The summed E-state index contributed by atoms with van der Waals surface area (Å²) in [5.41, 5.74) is 6.68. The van der Waals surface area contributed by atoms with Crippen molar-refractivity contribution in [3.8, 4) is 0 Å². The Morgan fingerprint density at radius 3 is 2.38 bits per heavy atom. The number of nitrogens with two attached hydrogens (primary N) is 1. The number of carbonyl (C=O) groups excluding carboxylic acids is 1. The molecule has 0 aliphatic rings. The highest BCUT2D eigenvalue weighted by Gasteiger charge is 2.20. The summed E-state index contributed by atoms with van der Waals surface area (Å²) in [6, 6.07) is 0. The molecule has 0 unspecified atom stereocenters. The average molecular weight is 224 g/mol. The van der Waals surface area contributed by atoms with Crippen molar-refractivity contribution >= 4 is 11.6 Å². The highest BCUT2D eigenvalue weighted by molar-refractivity contribution is 5.97. The van der Waals surface area contributed by atoms with Crippen molar-refractivity contribution in [2.45, 2.75) is 26.7 Å². The van der Waals surface area contributed by atoms with Crippen LogP contribution in [0, 0.1) is 0 Å². The molecule has 1 amide bonds. The van der Waals surface area contributed by atoms with E-state index in [2.05, 4.69) is 18.9 Å². The van der Waals surface area contributed by atoms with Crippen LogP contribution < -0.4 is 5.73 Å². The lowest BCUT2D eigenvalue weighted by Crippen LogP contribution is -2.34. The number of hydrogen-bond donors (Lipinski definition) is 1. The molecule has 2 N–H and O–H groups in total. The zero-order valence-electron chi connectivity index (χ0n) is 10.2. The molecule has 0 spiro atoms. The van der Waals surface area contributed by atoms with Gasteiger partial charge in [-0.3, -0.25) is 9.48 Å². The van der Waals surface area contributed by atoms with Gasteiger partial charge in [-0.2, -0.15) is 5.10 Å². The Kier molecular flexibility index (Phi) is 4.34. The second-order valence-electron chi connectivity index (χ2n) is 3.86. The number of hydrogen-bond acceptors (Lipinski definition) is 3. The largest absolute Gasteiger partial charge is 0.396 e. The molecule has 0 saturated heterocycles. The van der Waals surface area contributed by atoms with Crippen molar-refractivity contribution in [3.05, 3.63) is 11.9 Å². The fourth-order valence-electron chi connectivity index (χ4n) is 1.72. The van der Waals surface area contributed by atoms with Crippen LogP contribution in [0.2, 0.25) is 0 Å². The maximum absolute atomic E-state index is 12.2. The Morgan fingerprint density at radius 2 is 2.00 bits per heavy atom. The van der Waals surface area contributed by atoms with Crippen LogP contribution in [-0.2, 0) is 7.05 Å². The smallest absolute Gasteiger partial charge is 0.274 e. The van der Waals surface area contributed by atoms with E-state index in [1.165, 1.54) is 10.9 Å². The van der Waals surface area contributed by atoms with Crippen LogP contribution >= 0.6 is 0 Å². The lowest BCUT2D eigenvalue weighted by atomic mass is 10.3. The van der Waals surface area contributed by atoms with Crippen LogP contribution in [0.25, 0.3) is 0 Å². The normalized spacial score (nSPS) is 10.4. The number of carbonyl (C=O) groups is 1. The zero-order valence-corrected chi connectivity index (χ0v) is 10.2. The number of amides is 1. The molecule has 1 aromatic heterocycles. The van der Waals surface area contributed by atoms with Gasteiger partial charge in [0.2, 0.25) is 0 Å². The summed E-state index contributed by atoms with van der Waals surface area (Å²) >= 11 is 0. The van der Waals surface area contributed by atoms with E-state index in [1.54, 1.807) is 7.05 Å². The van der Waals surface area contributed by atoms with E-state index in [-0.39, 0.29) is 5.91 Å². The summed E-state index contributed by atoms with van der Waals surface area (Å²) in [6.45, 7) is 5.64. The van der Waals surface area contributed by atoms with Crippen molar-refractivity contribution < 1.29 is 4.79 Å². The van der Waals surface area contributed by atoms with E-state index in [1.807, 2.05) is 4.90 Å². The van der Waals surface area contributed by atoms with E-state index < -0.39 is 0 Å². The van der Waals surface area contributed by atoms with E-state index >= 15 is 0 Å². The van der Waals surface area contributed by atoms with Gasteiger partial charge < -0.3 is 10.6 Å². The Labute approximate surface area is 96.2 Å². The summed E-state index contributed by atoms with van der Waals surface area (Å²) in [5.74, 6) is -0.0267. The standard InChI is InChI=1S/C11H20N4O/c1-4-6-15(7-5-2)11(16)10-9(12)8-13-14(10)3/h8H,4-7,12H2,1-3H3. The van der Waals surface area contributed by atoms with Gasteiger partial charge in [0.05, 0.1) is 11.9 Å². The molecular formula is C11H20N4O. The number of aromatic nitrogens is 2. The van der Waals surface area contributed by atoms with Crippen molar-refractivity contribution in [2.75, 3.05) is 18.8 Å². The van der Waals surface area contributed by atoms with Crippen molar-refractivity contribution in [3.63, 3.8) is 0 Å². The number of anilines is 1. The van der Waals surface area contributed by atoms with Gasteiger partial charge in [0.25, 0.3) is 5.91 Å². The summed E-state index contributed by atoms with van der Waals surface area (Å²) in [7, 11) is 1.74. The molecule has 90 valence electrons. The molecular weight excluding hydrogens is 204 g/mol. The quantitative estimate of drug-likeness (QED) is 0.819. The van der Waals surface area contributed by atoms with Crippen molar-refractivity contribution in [1.82, 2.24) is 14.7 Å². The van der Waals surface area contributed by atoms with Gasteiger partial charge in [-0.25, -0.2) is 0 Å². The first-order valence-electron chi connectivity index (χ1n) is 5.68. The number of nitrogen functional groups attached to an aromatic ring is 1. The maximum Gasteiger partial charge on any atom is 0.274 e. The molecule has 0 fully saturated rings. The van der Waals surface area contributed by atoms with Gasteiger partial charge >= 0.3 is 0 Å². The van der Waals surface area contributed by atoms with Crippen LogP contribution in [0.3, 0.4) is 0 Å². The molecule has 0 aliphatic heterocycles. The summed E-state index contributed by atoms with van der Waals surface area (Å²) < 4.78 is 1.54. The summed E-state index contributed by atoms with van der Waals surface area (Å²) in [5, 5.41) is 3.98. The molecule has 1 heterocycles. The first kappa shape index (κ1) is 12.5. The van der Waals surface area contributed by atoms with E-state index in [0.29, 0.717) is 11.4 Å². The molecule has 0 aliphatic carbocycles. The van der Waals surface area contributed by atoms with Crippen LogP contribution in [-0.4, -0.2) is 33.7 Å². The topological polar surface area (TPSA) is 64.2 Å². The molecule has 16 heavy (non-hydrogen) atoms. The monoisotopic (exact) mass is 224 g/mol.